The van der Waals surface area contributed by atoms with Gasteiger partial charge in [-0.3, -0.25) is 9.59 Å². The molecule has 0 bridgehead atoms. The van der Waals surface area contributed by atoms with E-state index in [1.165, 1.54) is 0 Å². The number of benzene rings is 2. The second-order valence-corrected chi connectivity index (χ2v) is 10.9. The highest BCUT2D eigenvalue weighted by atomic mass is 32.2. The lowest BCUT2D eigenvalue weighted by Gasteiger charge is -2.36. The number of rotatable bonds is 14. The number of hydrogen-bond donors (Lipinski definition) is 3. The van der Waals surface area contributed by atoms with Gasteiger partial charge in [-0.2, -0.15) is 0 Å². The predicted octanol–water partition coefficient (Wildman–Crippen LogP) is 4.90. The Morgan fingerprint density at radius 1 is 1.00 bits per heavy atom. The third kappa shape index (κ3) is 8.92. The number of aromatic nitrogens is 2. The van der Waals surface area contributed by atoms with Gasteiger partial charge in [0.15, 0.2) is 11.4 Å². The van der Waals surface area contributed by atoms with Gasteiger partial charge >= 0.3 is 5.97 Å². The quantitative estimate of drug-likeness (QED) is 0.186. The number of aliphatic hydroxyl groups excluding tert-OH is 1. The van der Waals surface area contributed by atoms with E-state index in [1.807, 2.05) is 66.3 Å². The van der Waals surface area contributed by atoms with E-state index < -0.39 is 12.3 Å². The van der Waals surface area contributed by atoms with E-state index in [0.29, 0.717) is 32.2 Å². The van der Waals surface area contributed by atoms with Gasteiger partial charge in [0.2, 0.25) is 5.91 Å². The molecule has 0 saturated carbocycles. The number of carbonyl (C=O) groups is 2. The summed E-state index contributed by atoms with van der Waals surface area (Å²) in [5, 5.41) is 22.0. The van der Waals surface area contributed by atoms with Gasteiger partial charge in [0.25, 0.3) is 0 Å². The maximum atomic E-state index is 12.2. The number of nitrogens with one attached hydrogen (secondary N) is 1. The molecule has 1 aliphatic rings. The van der Waals surface area contributed by atoms with Crippen LogP contribution in [0.4, 0.5) is 0 Å². The maximum Gasteiger partial charge on any atom is 0.303 e. The van der Waals surface area contributed by atoms with Gasteiger partial charge in [0.05, 0.1) is 18.8 Å². The molecule has 1 fully saturated rings. The largest absolute Gasteiger partial charge is 0.481 e. The van der Waals surface area contributed by atoms with Crippen molar-refractivity contribution in [2.75, 3.05) is 5.75 Å². The average Bonchev–Trinajstić information content (AvgIpc) is 3.39. The molecule has 3 atom stereocenters. The van der Waals surface area contributed by atoms with Crippen LogP contribution in [0.25, 0.3) is 0 Å². The van der Waals surface area contributed by atoms with Crippen LogP contribution in [0.1, 0.15) is 73.2 Å². The van der Waals surface area contributed by atoms with Crippen molar-refractivity contribution in [3.05, 3.63) is 83.2 Å². The minimum absolute atomic E-state index is 0.0000647. The lowest BCUT2D eigenvalue weighted by molar-refractivity contribution is -0.245. The Labute approximate surface area is 238 Å². The van der Waals surface area contributed by atoms with Gasteiger partial charge in [-0.15, -0.1) is 0 Å². The second-order valence-electron chi connectivity index (χ2n) is 9.95. The van der Waals surface area contributed by atoms with Gasteiger partial charge < -0.3 is 29.6 Å². The third-order valence-corrected chi connectivity index (χ3v) is 8.02. The van der Waals surface area contributed by atoms with Crippen LogP contribution < -0.4 is 5.32 Å². The highest BCUT2D eigenvalue weighted by Gasteiger charge is 2.32. The fraction of sp³-hybridized carbons (Fsp3) is 0.433. The molecule has 3 N–H and O–H groups in total. The Kier molecular flexibility index (Phi) is 11.2. The molecule has 1 aliphatic heterocycles. The molecule has 10 heteroatoms. The molecule has 3 aromatic rings. The molecule has 4 rings (SSSR count). The first kappa shape index (κ1) is 29.8. The summed E-state index contributed by atoms with van der Waals surface area (Å²) >= 11 is 1.65. The second kappa shape index (κ2) is 15.0. The Balaban J connectivity index is 1.35. The maximum absolute atomic E-state index is 12.2. The molecule has 40 heavy (non-hydrogen) atoms. The van der Waals surface area contributed by atoms with Gasteiger partial charge in [0.1, 0.15) is 0 Å². The number of aryl methyl sites for hydroxylation is 1. The van der Waals surface area contributed by atoms with Gasteiger partial charge in [-0.1, -0.05) is 66.7 Å². The summed E-state index contributed by atoms with van der Waals surface area (Å²) in [5.41, 5.74) is 3.77. The smallest absolute Gasteiger partial charge is 0.303 e. The van der Waals surface area contributed by atoms with E-state index >= 15 is 0 Å². The normalized spacial score (nSPS) is 18.9. The number of hydrogen-bond acceptors (Lipinski definition) is 7. The Bertz CT molecular complexity index is 1230. The van der Waals surface area contributed by atoms with Gasteiger partial charge in [-0.25, -0.2) is 4.98 Å². The Hall–Kier alpha value is -3.18. The van der Waals surface area contributed by atoms with Crippen LogP contribution in [0, 0.1) is 0 Å². The number of unbranched alkanes of at least 4 members (excludes halogenated alkanes) is 2. The average molecular weight is 568 g/mol. The molecular formula is C30H37N3O6S. The van der Waals surface area contributed by atoms with Crippen molar-refractivity contribution in [3.8, 4) is 0 Å². The summed E-state index contributed by atoms with van der Waals surface area (Å²) < 4.78 is 14.8. The first-order valence-corrected chi connectivity index (χ1v) is 14.6. The zero-order chi connectivity index (χ0) is 28.3. The number of carboxylic acid groups (broad SMARTS) is 1. The SMILES string of the molecule is Cn1ccnc1SC[C@H]1C[C@@H](c2ccc(CO)cc2)O[C@@H](c2ccc(CNC(=O)CCCCCC(=O)O)cc2)O1. The summed E-state index contributed by atoms with van der Waals surface area (Å²) in [5.74, 6) is -0.111. The van der Waals surface area contributed by atoms with E-state index in [0.717, 1.165) is 39.6 Å². The number of aliphatic hydroxyl groups is 1. The van der Waals surface area contributed by atoms with Crippen molar-refractivity contribution < 1.29 is 29.3 Å². The molecule has 1 amide bonds. The van der Waals surface area contributed by atoms with Crippen LogP contribution >= 0.6 is 11.8 Å². The van der Waals surface area contributed by atoms with Crippen LogP contribution in [0.3, 0.4) is 0 Å². The summed E-state index contributed by atoms with van der Waals surface area (Å²) in [6.07, 6.45) is 6.18. The number of aliphatic carboxylic acids is 1. The topological polar surface area (TPSA) is 123 Å². The predicted molar refractivity (Wildman–Crippen MR) is 151 cm³/mol. The zero-order valence-electron chi connectivity index (χ0n) is 22.7. The molecule has 9 nitrogen and oxygen atoms in total. The van der Waals surface area contributed by atoms with Crippen LogP contribution in [0.2, 0.25) is 0 Å². The minimum Gasteiger partial charge on any atom is -0.481 e. The van der Waals surface area contributed by atoms with Crippen LogP contribution in [-0.4, -0.2) is 43.5 Å². The van der Waals surface area contributed by atoms with Gasteiger partial charge in [-0.05, 0) is 29.5 Å². The minimum atomic E-state index is -0.803. The highest BCUT2D eigenvalue weighted by molar-refractivity contribution is 7.99. The number of ether oxygens (including phenoxy) is 2. The number of thioether (sulfide) groups is 1. The molecule has 2 heterocycles. The molecule has 1 saturated heterocycles. The molecule has 0 spiro atoms. The molecule has 214 valence electrons. The van der Waals surface area contributed by atoms with Crippen LogP contribution in [0.5, 0.6) is 0 Å². The summed E-state index contributed by atoms with van der Waals surface area (Å²) in [7, 11) is 1.97. The number of carboxylic acids is 1. The molecule has 0 radical (unpaired) electrons. The first-order valence-electron chi connectivity index (χ1n) is 13.6. The van der Waals surface area contributed by atoms with E-state index in [2.05, 4.69) is 10.3 Å². The molecule has 0 aliphatic carbocycles. The first-order chi connectivity index (χ1) is 19.4. The number of amides is 1. The van der Waals surface area contributed by atoms with Crippen molar-refractivity contribution >= 4 is 23.6 Å². The number of nitrogens with zero attached hydrogens (tertiary/aromatic N) is 2. The summed E-state index contributed by atoms with van der Waals surface area (Å²) in [6.45, 7) is 0.420. The van der Waals surface area contributed by atoms with Crippen LogP contribution in [-0.2, 0) is 39.3 Å². The summed E-state index contributed by atoms with van der Waals surface area (Å²) in [6, 6.07) is 15.7. The lowest BCUT2D eigenvalue weighted by Crippen LogP contribution is -2.31. The van der Waals surface area contributed by atoms with E-state index in [-0.39, 0.29) is 31.1 Å². The molecule has 0 unspecified atom stereocenters. The standard InChI is InChI=1S/C30H37N3O6S/c1-33-16-15-31-30(33)40-20-25-17-26(23-11-9-22(19-34)10-12-23)39-29(38-25)24-13-7-21(8-14-24)18-32-27(35)5-3-2-4-6-28(36)37/h7-16,25-26,29,34H,2-6,17-20H2,1H3,(H,32,35)(H,36,37)/t25-,26+,29+/m1/s1. The van der Waals surface area contributed by atoms with Crippen LogP contribution in [0.15, 0.2) is 66.1 Å². The Morgan fingerprint density at radius 2 is 1.70 bits per heavy atom. The van der Waals surface area contributed by atoms with E-state index in [4.69, 9.17) is 14.6 Å². The molecule has 2 aromatic carbocycles. The highest BCUT2D eigenvalue weighted by Crippen LogP contribution is 2.39. The lowest BCUT2D eigenvalue weighted by atomic mass is 10.0. The van der Waals surface area contributed by atoms with Crippen molar-refractivity contribution in [2.45, 2.75) is 75.3 Å². The summed E-state index contributed by atoms with van der Waals surface area (Å²) in [4.78, 5) is 27.1. The zero-order valence-corrected chi connectivity index (χ0v) is 23.5. The van der Waals surface area contributed by atoms with Crippen molar-refractivity contribution in [3.63, 3.8) is 0 Å². The molecular weight excluding hydrogens is 530 g/mol. The monoisotopic (exact) mass is 567 g/mol. The number of imidazole rings is 1. The Morgan fingerprint density at radius 3 is 2.38 bits per heavy atom. The van der Waals surface area contributed by atoms with E-state index in [9.17, 15) is 14.7 Å². The van der Waals surface area contributed by atoms with Crippen molar-refractivity contribution in [2.24, 2.45) is 7.05 Å². The molecule has 1 aromatic heterocycles. The fourth-order valence-electron chi connectivity index (χ4n) is 4.50. The fourth-order valence-corrected chi connectivity index (χ4v) is 5.45. The van der Waals surface area contributed by atoms with Crippen molar-refractivity contribution in [1.29, 1.82) is 0 Å². The third-order valence-electron chi connectivity index (χ3n) is 6.83. The van der Waals surface area contributed by atoms with E-state index in [1.54, 1.807) is 18.0 Å². The van der Waals surface area contributed by atoms with Gasteiger partial charge in [0, 0.05) is 56.6 Å². The number of carbonyl (C=O) groups excluding carboxylic acids is 1. The van der Waals surface area contributed by atoms with Crippen molar-refractivity contribution in [1.82, 2.24) is 14.9 Å².